The molecule has 6 heteroatoms. The molecule has 0 radical (unpaired) electrons. The van der Waals surface area contributed by atoms with Crippen LogP contribution in [-0.4, -0.2) is 27.1 Å². The van der Waals surface area contributed by atoms with E-state index >= 15 is 0 Å². The summed E-state index contributed by atoms with van der Waals surface area (Å²) in [5, 5.41) is 17.7. The highest BCUT2D eigenvalue weighted by Crippen LogP contribution is 2.13. The summed E-state index contributed by atoms with van der Waals surface area (Å²) in [7, 11) is -1.58. The number of hydrogen-bond acceptors (Lipinski definition) is 4. The van der Waals surface area contributed by atoms with Gasteiger partial charge in [0.05, 0.1) is 0 Å². The second kappa shape index (κ2) is 4.38. The van der Waals surface area contributed by atoms with Crippen LogP contribution >= 0.6 is 0 Å². The number of halogens is 1. The van der Waals surface area contributed by atoms with Crippen molar-refractivity contribution in [3.05, 3.63) is 42.5 Å². The zero-order valence-electron chi connectivity index (χ0n) is 8.21. The minimum absolute atomic E-state index is 0.214. The van der Waals surface area contributed by atoms with Crippen molar-refractivity contribution in [1.82, 2.24) is 9.97 Å². The Bertz CT molecular complexity index is 473. The Labute approximate surface area is 91.6 Å². The summed E-state index contributed by atoms with van der Waals surface area (Å²) >= 11 is 0. The fourth-order valence-electron chi connectivity index (χ4n) is 1.22. The van der Waals surface area contributed by atoms with Gasteiger partial charge in [-0.15, -0.1) is 0 Å². The van der Waals surface area contributed by atoms with Crippen LogP contribution in [0.2, 0.25) is 0 Å². The van der Waals surface area contributed by atoms with Gasteiger partial charge >= 0.3 is 7.12 Å². The molecular weight excluding hydrogens is 210 g/mol. The molecule has 0 aliphatic rings. The minimum atomic E-state index is -1.58. The maximum Gasteiger partial charge on any atom is 0.491 e. The molecule has 0 atom stereocenters. The summed E-state index contributed by atoms with van der Waals surface area (Å²) in [5.74, 6) is 0.0792. The first kappa shape index (κ1) is 10.7. The third kappa shape index (κ3) is 2.24. The zero-order valence-corrected chi connectivity index (χ0v) is 8.21. The van der Waals surface area contributed by atoms with Gasteiger partial charge in [-0.25, -0.2) is 14.4 Å². The fourth-order valence-corrected chi connectivity index (χ4v) is 1.22. The van der Waals surface area contributed by atoms with Gasteiger partial charge in [0.25, 0.3) is 0 Å². The molecule has 0 amide bonds. The molecular formula is C10H8BFN2O2. The lowest BCUT2D eigenvalue weighted by molar-refractivity contribution is 0.425. The summed E-state index contributed by atoms with van der Waals surface area (Å²) in [6, 6.07) is 5.74. The monoisotopic (exact) mass is 218 g/mol. The first-order chi connectivity index (χ1) is 7.66. The smallest absolute Gasteiger partial charge is 0.423 e. The predicted octanol–water partition coefficient (Wildman–Crippen LogP) is -0.0375. The highest BCUT2D eigenvalue weighted by Gasteiger charge is 2.11. The number of benzene rings is 1. The molecule has 0 spiro atoms. The highest BCUT2D eigenvalue weighted by atomic mass is 19.1. The summed E-state index contributed by atoms with van der Waals surface area (Å²) < 4.78 is 12.7. The largest absolute Gasteiger partial charge is 0.491 e. The van der Waals surface area contributed by atoms with E-state index in [1.807, 2.05) is 0 Å². The summed E-state index contributed by atoms with van der Waals surface area (Å²) in [6.07, 6.45) is 2.63. The predicted molar refractivity (Wildman–Crippen MR) is 57.3 cm³/mol. The number of nitrogens with zero attached hydrogens (tertiary/aromatic N) is 2. The molecule has 80 valence electrons. The van der Waals surface area contributed by atoms with Crippen LogP contribution in [0.1, 0.15) is 0 Å². The van der Waals surface area contributed by atoms with Crippen molar-refractivity contribution in [2.24, 2.45) is 0 Å². The average molecular weight is 218 g/mol. The van der Waals surface area contributed by atoms with Crippen LogP contribution in [0.25, 0.3) is 11.4 Å². The standard InChI is InChI=1S/C10H8BFN2O2/c12-9-3-1-7(2-4-9)10-13-5-8(6-14-10)11(15)16/h1-6,15-16H. The van der Waals surface area contributed by atoms with Gasteiger partial charge < -0.3 is 10.0 Å². The van der Waals surface area contributed by atoms with Gasteiger partial charge in [-0.3, -0.25) is 0 Å². The van der Waals surface area contributed by atoms with Crippen molar-refractivity contribution in [2.45, 2.75) is 0 Å². The third-order valence-electron chi connectivity index (χ3n) is 2.07. The lowest BCUT2D eigenvalue weighted by Gasteiger charge is -2.01. The molecule has 2 N–H and O–H groups in total. The van der Waals surface area contributed by atoms with Gasteiger partial charge in [-0.05, 0) is 24.3 Å². The molecule has 0 aliphatic carbocycles. The van der Waals surface area contributed by atoms with Crippen molar-refractivity contribution in [3.8, 4) is 11.4 Å². The van der Waals surface area contributed by atoms with Gasteiger partial charge in [-0.2, -0.15) is 0 Å². The average Bonchev–Trinajstić information content (AvgIpc) is 2.30. The van der Waals surface area contributed by atoms with E-state index in [2.05, 4.69) is 9.97 Å². The van der Waals surface area contributed by atoms with E-state index in [0.29, 0.717) is 11.4 Å². The van der Waals surface area contributed by atoms with Crippen molar-refractivity contribution >= 4 is 12.6 Å². The van der Waals surface area contributed by atoms with E-state index in [0.717, 1.165) is 0 Å². The van der Waals surface area contributed by atoms with E-state index in [1.54, 1.807) is 12.1 Å². The molecule has 4 nitrogen and oxygen atoms in total. The zero-order chi connectivity index (χ0) is 11.5. The van der Waals surface area contributed by atoms with E-state index in [-0.39, 0.29) is 11.3 Å². The van der Waals surface area contributed by atoms with E-state index in [9.17, 15) is 4.39 Å². The Morgan fingerprint density at radius 1 is 1.00 bits per heavy atom. The molecule has 1 heterocycles. The van der Waals surface area contributed by atoms with Crippen molar-refractivity contribution in [2.75, 3.05) is 0 Å². The normalized spacial score (nSPS) is 10.2. The quantitative estimate of drug-likeness (QED) is 0.694. The fraction of sp³-hybridized carbons (Fsp3) is 0. The number of hydrogen-bond donors (Lipinski definition) is 2. The lowest BCUT2D eigenvalue weighted by atomic mass is 9.83. The van der Waals surface area contributed by atoms with Crippen molar-refractivity contribution < 1.29 is 14.4 Å². The van der Waals surface area contributed by atoms with Crippen molar-refractivity contribution in [3.63, 3.8) is 0 Å². The Morgan fingerprint density at radius 3 is 2.06 bits per heavy atom. The molecule has 0 bridgehead atoms. The first-order valence-corrected chi connectivity index (χ1v) is 4.61. The summed E-state index contributed by atoms with van der Waals surface area (Å²) in [6.45, 7) is 0. The van der Waals surface area contributed by atoms with Gasteiger partial charge in [0.2, 0.25) is 0 Å². The minimum Gasteiger partial charge on any atom is -0.423 e. The first-order valence-electron chi connectivity index (χ1n) is 4.61. The molecule has 0 unspecified atom stereocenters. The third-order valence-corrected chi connectivity index (χ3v) is 2.07. The van der Waals surface area contributed by atoms with E-state index in [1.165, 1.54) is 24.5 Å². The molecule has 16 heavy (non-hydrogen) atoms. The van der Waals surface area contributed by atoms with Gasteiger partial charge in [0.1, 0.15) is 5.82 Å². The van der Waals surface area contributed by atoms with Crippen LogP contribution in [0.3, 0.4) is 0 Å². The Hall–Kier alpha value is -1.79. The highest BCUT2D eigenvalue weighted by molar-refractivity contribution is 6.58. The second-order valence-corrected chi connectivity index (χ2v) is 3.22. The van der Waals surface area contributed by atoms with Crippen LogP contribution in [0, 0.1) is 5.82 Å². The van der Waals surface area contributed by atoms with E-state index < -0.39 is 7.12 Å². The molecule has 0 saturated carbocycles. The van der Waals surface area contributed by atoms with Gasteiger partial charge in [0.15, 0.2) is 5.82 Å². The lowest BCUT2D eigenvalue weighted by Crippen LogP contribution is -2.30. The molecule has 2 rings (SSSR count). The Morgan fingerprint density at radius 2 is 1.56 bits per heavy atom. The van der Waals surface area contributed by atoms with Crippen LogP contribution < -0.4 is 5.46 Å². The second-order valence-electron chi connectivity index (χ2n) is 3.22. The molecule has 1 aromatic heterocycles. The molecule has 1 aromatic carbocycles. The molecule has 0 fully saturated rings. The van der Waals surface area contributed by atoms with Crippen molar-refractivity contribution in [1.29, 1.82) is 0 Å². The van der Waals surface area contributed by atoms with Crippen LogP contribution in [0.5, 0.6) is 0 Å². The summed E-state index contributed by atoms with van der Waals surface area (Å²) in [5.41, 5.74) is 0.881. The molecule has 0 aliphatic heterocycles. The van der Waals surface area contributed by atoms with Crippen LogP contribution in [0.15, 0.2) is 36.7 Å². The maximum absolute atomic E-state index is 12.7. The van der Waals surface area contributed by atoms with E-state index in [4.69, 9.17) is 10.0 Å². The Kier molecular flexibility index (Phi) is 2.94. The van der Waals surface area contributed by atoms with Crippen LogP contribution in [-0.2, 0) is 0 Å². The molecule has 0 saturated heterocycles. The number of aromatic nitrogens is 2. The number of rotatable bonds is 2. The maximum atomic E-state index is 12.7. The Balaban J connectivity index is 2.31. The summed E-state index contributed by atoms with van der Waals surface area (Å²) in [4.78, 5) is 7.89. The van der Waals surface area contributed by atoms with Gasteiger partial charge in [-0.1, -0.05) is 0 Å². The van der Waals surface area contributed by atoms with Gasteiger partial charge in [0, 0.05) is 23.4 Å². The topological polar surface area (TPSA) is 66.2 Å². The SMILES string of the molecule is OB(O)c1cnc(-c2ccc(F)cc2)nc1. The van der Waals surface area contributed by atoms with Crippen LogP contribution in [0.4, 0.5) is 4.39 Å². The molecule has 2 aromatic rings.